The summed E-state index contributed by atoms with van der Waals surface area (Å²) in [4.78, 5) is 63.2. The van der Waals surface area contributed by atoms with Crippen molar-refractivity contribution in [2.75, 3.05) is 70.3 Å². The number of piperazine rings is 1. The maximum atomic E-state index is 15.7. The highest BCUT2D eigenvalue weighted by Gasteiger charge is 2.46. The van der Waals surface area contributed by atoms with Crippen LogP contribution in [0.1, 0.15) is 72.2 Å². The number of nitrogens with one attached hydrogen (secondary N) is 2. The number of piperidine rings is 2. The molecule has 0 radical (unpaired) electrons. The number of benzene rings is 3. The number of imide groups is 2. The lowest BCUT2D eigenvalue weighted by Gasteiger charge is -2.47. The van der Waals surface area contributed by atoms with Crippen molar-refractivity contribution in [2.45, 2.75) is 64.1 Å². The molecule has 3 unspecified atom stereocenters. The van der Waals surface area contributed by atoms with E-state index in [0.29, 0.717) is 80.7 Å². The van der Waals surface area contributed by atoms with Crippen molar-refractivity contribution in [2.24, 2.45) is 5.92 Å². The van der Waals surface area contributed by atoms with Crippen LogP contribution in [0.5, 0.6) is 17.2 Å². The molecule has 0 saturated carbocycles. The molecule has 0 bridgehead atoms. The lowest BCUT2D eigenvalue weighted by Crippen LogP contribution is -2.58. The Kier molecular flexibility index (Phi) is 13.2. The average Bonchev–Trinajstić information content (AvgIpc) is 3.51. The van der Waals surface area contributed by atoms with Crippen LogP contribution in [-0.2, 0) is 9.59 Å². The number of ether oxygens (including phenoxy) is 3. The predicted octanol–water partition coefficient (Wildman–Crippen LogP) is 6.79. The number of rotatable bonds is 13. The molecule has 3 saturated heterocycles. The number of hydrogen-bond donors (Lipinski definition) is 2. The molecule has 64 heavy (non-hydrogen) atoms. The molecular weight excluding hydrogens is 866 g/mol. The van der Waals surface area contributed by atoms with Gasteiger partial charge in [-0.15, -0.1) is 0 Å². The third-order valence-corrected chi connectivity index (χ3v) is 13.4. The number of carbonyl (C=O) groups is 4. The Balaban J connectivity index is 0.826. The maximum Gasteiger partial charge on any atom is 0.262 e. The number of methoxy groups -OCH3 is 2. The van der Waals surface area contributed by atoms with Gasteiger partial charge < -0.3 is 29.3 Å². The van der Waals surface area contributed by atoms with Gasteiger partial charge in [0.05, 0.1) is 70.1 Å². The van der Waals surface area contributed by atoms with Crippen molar-refractivity contribution in [1.82, 2.24) is 25.0 Å². The SMILES string of the molecule is COc1cc(Nc2c(C#N)cnc3cc(OCCCN4CCC(CN5C(C)CN(c6cc7c(cc6F)C(=O)N(C6CCC(=O)NC6=O)C7=O)CC5C)CC4)c(OC)cc23)c(Cl)cc1Cl. The molecule has 0 aliphatic carbocycles. The van der Waals surface area contributed by atoms with Crippen LogP contribution in [0.2, 0.25) is 10.0 Å². The summed E-state index contributed by atoms with van der Waals surface area (Å²) >= 11 is 12.8. The normalized spacial score (nSPS) is 20.9. The first-order valence-electron chi connectivity index (χ1n) is 21.4. The lowest BCUT2D eigenvalue weighted by atomic mass is 9.94. The zero-order valence-corrected chi connectivity index (χ0v) is 37.5. The average molecular weight is 916 g/mol. The number of likely N-dealkylation sites (tertiary alicyclic amines) is 1. The smallest absolute Gasteiger partial charge is 0.262 e. The standard InChI is InChI=1S/C46H49Cl2FN8O7/c1-25-22-55(38-15-30-29(14-34(38)49)45(60)57(46(30)61)37-6-7-42(58)53-44(37)59)23-26(2)56(25)24-27-8-11-54(12-9-27)10-5-13-64-41-18-35-31(16-40(41)63-4)43(28(20-50)21-51-35)52-36-19-39(62-3)33(48)17-32(36)47/h14-19,21,25-27,37H,5-13,22-24H2,1-4H3,(H,51,52)(H,53,58,59). The summed E-state index contributed by atoms with van der Waals surface area (Å²) in [6.07, 6.45) is 4.46. The molecule has 5 heterocycles. The van der Waals surface area contributed by atoms with E-state index in [1.807, 2.05) is 11.0 Å². The fraction of sp³-hybridized carbons (Fsp3) is 0.435. The summed E-state index contributed by atoms with van der Waals surface area (Å²) in [5, 5.41) is 16.8. The first kappa shape index (κ1) is 44.9. The molecule has 3 fully saturated rings. The van der Waals surface area contributed by atoms with E-state index in [1.54, 1.807) is 25.3 Å². The molecule has 0 spiro atoms. The van der Waals surface area contributed by atoms with E-state index in [1.165, 1.54) is 19.4 Å². The molecule has 4 aliphatic rings. The van der Waals surface area contributed by atoms with Crippen LogP contribution in [0, 0.1) is 23.1 Å². The Morgan fingerprint density at radius 3 is 2.28 bits per heavy atom. The molecular formula is C46H49Cl2FN8O7. The number of nitriles is 1. The fourth-order valence-electron chi connectivity index (χ4n) is 9.40. The Hall–Kier alpha value is -5.73. The minimum absolute atomic E-state index is 0.0108. The van der Waals surface area contributed by atoms with Crippen LogP contribution < -0.4 is 29.7 Å². The molecule has 1 aromatic heterocycles. The minimum Gasteiger partial charge on any atom is -0.495 e. The van der Waals surface area contributed by atoms with Crippen LogP contribution in [0.15, 0.2) is 42.6 Å². The van der Waals surface area contributed by atoms with Crippen LogP contribution in [0.25, 0.3) is 10.9 Å². The quantitative estimate of drug-likeness (QED) is 0.106. The molecule has 4 aliphatic heterocycles. The second-order valence-electron chi connectivity index (χ2n) is 16.9. The van der Waals surface area contributed by atoms with E-state index >= 15 is 4.39 Å². The zero-order valence-electron chi connectivity index (χ0n) is 36.0. The predicted molar refractivity (Wildman–Crippen MR) is 239 cm³/mol. The van der Waals surface area contributed by atoms with Gasteiger partial charge in [0.2, 0.25) is 11.8 Å². The number of carbonyl (C=O) groups excluding carboxylic acids is 4. The molecule has 4 amide bonds. The van der Waals surface area contributed by atoms with Gasteiger partial charge in [0, 0.05) is 68.4 Å². The van der Waals surface area contributed by atoms with Gasteiger partial charge in [0.15, 0.2) is 11.5 Å². The number of fused-ring (bicyclic) bond motifs is 2. The van der Waals surface area contributed by atoms with Crippen molar-refractivity contribution in [3.8, 4) is 23.3 Å². The van der Waals surface area contributed by atoms with E-state index in [-0.39, 0.29) is 41.7 Å². The van der Waals surface area contributed by atoms with Gasteiger partial charge in [0.25, 0.3) is 11.8 Å². The number of aromatic nitrogens is 1. The number of nitrogens with zero attached hydrogens (tertiary/aromatic N) is 6. The number of pyridine rings is 1. The molecule has 336 valence electrons. The van der Waals surface area contributed by atoms with Gasteiger partial charge in [-0.3, -0.25) is 39.3 Å². The monoisotopic (exact) mass is 914 g/mol. The van der Waals surface area contributed by atoms with Gasteiger partial charge in [-0.2, -0.15) is 5.26 Å². The van der Waals surface area contributed by atoms with E-state index in [4.69, 9.17) is 37.4 Å². The Bertz CT molecular complexity index is 2550. The van der Waals surface area contributed by atoms with Gasteiger partial charge in [-0.1, -0.05) is 23.2 Å². The maximum absolute atomic E-state index is 15.7. The molecule has 8 rings (SSSR count). The van der Waals surface area contributed by atoms with E-state index in [9.17, 15) is 24.4 Å². The van der Waals surface area contributed by atoms with Crippen molar-refractivity contribution < 1.29 is 37.8 Å². The van der Waals surface area contributed by atoms with Crippen molar-refractivity contribution in [3.05, 3.63) is 75.1 Å². The van der Waals surface area contributed by atoms with Crippen molar-refractivity contribution >= 4 is 74.8 Å². The van der Waals surface area contributed by atoms with Crippen LogP contribution in [0.4, 0.5) is 21.5 Å². The highest BCUT2D eigenvalue weighted by atomic mass is 35.5. The summed E-state index contributed by atoms with van der Waals surface area (Å²) < 4.78 is 33.0. The lowest BCUT2D eigenvalue weighted by molar-refractivity contribution is -0.136. The van der Waals surface area contributed by atoms with Gasteiger partial charge >= 0.3 is 0 Å². The molecule has 2 N–H and O–H groups in total. The summed E-state index contributed by atoms with van der Waals surface area (Å²) in [6, 6.07) is 10.7. The summed E-state index contributed by atoms with van der Waals surface area (Å²) in [6.45, 7) is 9.58. The number of hydrogen-bond acceptors (Lipinski definition) is 13. The number of anilines is 3. The second kappa shape index (κ2) is 18.8. The topological polar surface area (TPSA) is 170 Å². The van der Waals surface area contributed by atoms with Gasteiger partial charge in [0.1, 0.15) is 23.7 Å². The largest absolute Gasteiger partial charge is 0.495 e. The van der Waals surface area contributed by atoms with E-state index in [2.05, 4.69) is 45.3 Å². The van der Waals surface area contributed by atoms with Crippen LogP contribution in [-0.4, -0.2) is 122 Å². The highest BCUT2D eigenvalue weighted by Crippen LogP contribution is 2.41. The first-order chi connectivity index (χ1) is 30.8. The minimum atomic E-state index is -1.11. The summed E-state index contributed by atoms with van der Waals surface area (Å²) in [5.41, 5.74) is 2.19. The highest BCUT2D eigenvalue weighted by molar-refractivity contribution is 6.37. The van der Waals surface area contributed by atoms with Crippen LogP contribution >= 0.6 is 23.2 Å². The van der Waals surface area contributed by atoms with Gasteiger partial charge in [-0.25, -0.2) is 4.39 Å². The fourth-order valence-corrected chi connectivity index (χ4v) is 9.91. The van der Waals surface area contributed by atoms with Crippen molar-refractivity contribution in [3.63, 3.8) is 0 Å². The second-order valence-corrected chi connectivity index (χ2v) is 17.7. The molecule has 18 heteroatoms. The zero-order chi connectivity index (χ0) is 45.4. The van der Waals surface area contributed by atoms with Crippen molar-refractivity contribution in [1.29, 1.82) is 5.26 Å². The Morgan fingerprint density at radius 2 is 1.61 bits per heavy atom. The van der Waals surface area contributed by atoms with Crippen LogP contribution in [0.3, 0.4) is 0 Å². The third-order valence-electron chi connectivity index (χ3n) is 12.8. The Labute approximate surface area is 380 Å². The summed E-state index contributed by atoms with van der Waals surface area (Å²) in [5.74, 6) is -1.14. The number of halogens is 3. The molecule has 3 aromatic carbocycles. The van der Waals surface area contributed by atoms with E-state index in [0.717, 1.165) is 56.4 Å². The Morgan fingerprint density at radius 1 is 0.906 bits per heavy atom. The first-order valence-corrected chi connectivity index (χ1v) is 22.2. The number of amides is 4. The summed E-state index contributed by atoms with van der Waals surface area (Å²) in [7, 11) is 3.08. The van der Waals surface area contributed by atoms with E-state index < -0.39 is 35.5 Å². The van der Waals surface area contributed by atoms with Gasteiger partial charge in [-0.05, 0) is 82.8 Å². The third kappa shape index (κ3) is 8.86. The molecule has 15 nitrogen and oxygen atoms in total. The molecule has 3 atom stereocenters. The molecule has 4 aromatic rings.